The van der Waals surface area contributed by atoms with Crippen LogP contribution in [0.15, 0.2) is 22.7 Å². The van der Waals surface area contributed by atoms with Crippen LogP contribution in [0.25, 0.3) is 0 Å². The third-order valence-corrected chi connectivity index (χ3v) is 4.97. The number of hydrogen-bond acceptors (Lipinski definition) is 5. The van der Waals surface area contributed by atoms with Crippen molar-refractivity contribution in [2.75, 3.05) is 13.2 Å². The molecular weight excluding hydrogens is 330 g/mol. The number of carbonyl (C=O) groups excluding carboxylic acids is 1. The molecule has 1 atom stereocenters. The molecule has 2 aromatic rings. The number of nitrogens with zero attached hydrogens (tertiary/aromatic N) is 2. The number of nitrogens with one attached hydrogen (secondary N) is 1. The number of ether oxygens (including phenoxy) is 1. The zero-order valence-corrected chi connectivity index (χ0v) is 15.9. The van der Waals surface area contributed by atoms with Crippen LogP contribution in [0.2, 0.25) is 0 Å². The Kier molecular flexibility index (Phi) is 5.71. The predicted octanol–water partition coefficient (Wildman–Crippen LogP) is 3.71. The number of amides is 1. The monoisotopic (exact) mass is 357 g/mol. The van der Waals surface area contributed by atoms with Gasteiger partial charge in [-0.2, -0.15) is 4.98 Å². The molecule has 6 heteroatoms. The minimum atomic E-state index is -0.301. The molecule has 1 aromatic carbocycles. The molecule has 0 saturated carbocycles. The summed E-state index contributed by atoms with van der Waals surface area (Å²) in [6, 6.07) is 5.57. The number of hydrogen-bond donors (Lipinski definition) is 1. The lowest BCUT2D eigenvalue weighted by Crippen LogP contribution is -2.36. The van der Waals surface area contributed by atoms with Crippen molar-refractivity contribution in [3.8, 4) is 0 Å². The molecule has 6 nitrogen and oxygen atoms in total. The van der Waals surface area contributed by atoms with Crippen LogP contribution in [0, 0.1) is 19.8 Å². The molecule has 0 unspecified atom stereocenters. The van der Waals surface area contributed by atoms with E-state index in [1.54, 1.807) is 0 Å². The van der Waals surface area contributed by atoms with Crippen LogP contribution < -0.4 is 5.32 Å². The Bertz CT molecular complexity index is 743. The molecule has 26 heavy (non-hydrogen) atoms. The standard InChI is InChI=1S/C20H27N3O3/c1-12(2)18-22-20(26-23-18)17(15-8-10-25-11-9-15)21-19(24)16-13(3)6-5-7-14(16)4/h5-7,12,15,17H,8-11H2,1-4H3,(H,21,24)/t17-/m0/s1. The molecule has 1 N–H and O–H groups in total. The van der Waals surface area contributed by atoms with Gasteiger partial charge in [-0.05, 0) is 43.7 Å². The van der Waals surface area contributed by atoms with Gasteiger partial charge in [0.05, 0.1) is 0 Å². The highest BCUT2D eigenvalue weighted by molar-refractivity contribution is 5.97. The van der Waals surface area contributed by atoms with Gasteiger partial charge in [-0.1, -0.05) is 37.2 Å². The fourth-order valence-corrected chi connectivity index (χ4v) is 3.42. The van der Waals surface area contributed by atoms with E-state index in [9.17, 15) is 4.79 Å². The summed E-state index contributed by atoms with van der Waals surface area (Å²) in [7, 11) is 0. The summed E-state index contributed by atoms with van der Waals surface area (Å²) in [6.45, 7) is 9.32. The largest absolute Gasteiger partial charge is 0.381 e. The van der Waals surface area contributed by atoms with E-state index in [2.05, 4.69) is 15.5 Å². The van der Waals surface area contributed by atoms with E-state index in [1.165, 1.54) is 0 Å². The van der Waals surface area contributed by atoms with Crippen LogP contribution in [0.4, 0.5) is 0 Å². The molecule has 2 heterocycles. The quantitative estimate of drug-likeness (QED) is 0.883. The summed E-state index contributed by atoms with van der Waals surface area (Å²) in [6.07, 6.45) is 1.72. The van der Waals surface area contributed by atoms with Gasteiger partial charge < -0.3 is 14.6 Å². The summed E-state index contributed by atoms with van der Waals surface area (Å²) in [5.41, 5.74) is 2.64. The fourth-order valence-electron chi connectivity index (χ4n) is 3.42. The summed E-state index contributed by atoms with van der Waals surface area (Å²) >= 11 is 0. The van der Waals surface area contributed by atoms with Crippen molar-refractivity contribution >= 4 is 5.91 Å². The number of aryl methyl sites for hydroxylation is 2. The highest BCUT2D eigenvalue weighted by atomic mass is 16.5. The molecule has 0 aliphatic carbocycles. The predicted molar refractivity (Wildman–Crippen MR) is 98.1 cm³/mol. The van der Waals surface area contributed by atoms with E-state index in [0.29, 0.717) is 30.5 Å². The van der Waals surface area contributed by atoms with Crippen LogP contribution in [0.5, 0.6) is 0 Å². The molecule has 1 amide bonds. The van der Waals surface area contributed by atoms with Crippen molar-refractivity contribution in [2.24, 2.45) is 5.92 Å². The Hall–Kier alpha value is -2.21. The Morgan fingerprint density at radius 3 is 2.42 bits per heavy atom. The number of benzene rings is 1. The molecule has 1 saturated heterocycles. The van der Waals surface area contributed by atoms with Crippen molar-refractivity contribution in [3.63, 3.8) is 0 Å². The lowest BCUT2D eigenvalue weighted by atomic mass is 9.91. The maximum atomic E-state index is 13.0. The summed E-state index contributed by atoms with van der Waals surface area (Å²) < 4.78 is 11.0. The second-order valence-corrected chi connectivity index (χ2v) is 7.31. The summed E-state index contributed by atoms with van der Waals surface area (Å²) in [5.74, 6) is 1.45. The fraction of sp³-hybridized carbons (Fsp3) is 0.550. The van der Waals surface area contributed by atoms with Crippen molar-refractivity contribution < 1.29 is 14.1 Å². The van der Waals surface area contributed by atoms with Gasteiger partial charge in [0.15, 0.2) is 5.82 Å². The van der Waals surface area contributed by atoms with Crippen molar-refractivity contribution in [3.05, 3.63) is 46.6 Å². The highest BCUT2D eigenvalue weighted by Gasteiger charge is 2.32. The number of aromatic nitrogens is 2. The molecule has 0 spiro atoms. The topological polar surface area (TPSA) is 77.3 Å². The van der Waals surface area contributed by atoms with Crippen molar-refractivity contribution in [1.29, 1.82) is 0 Å². The minimum Gasteiger partial charge on any atom is -0.381 e. The van der Waals surface area contributed by atoms with Gasteiger partial charge in [-0.3, -0.25) is 4.79 Å². The van der Waals surface area contributed by atoms with E-state index in [4.69, 9.17) is 9.26 Å². The molecule has 1 aliphatic rings. The van der Waals surface area contributed by atoms with E-state index in [0.717, 1.165) is 24.0 Å². The zero-order valence-electron chi connectivity index (χ0n) is 15.9. The minimum absolute atomic E-state index is 0.0959. The first-order valence-electron chi connectivity index (χ1n) is 9.25. The van der Waals surface area contributed by atoms with Gasteiger partial charge in [0.25, 0.3) is 5.91 Å². The number of carbonyl (C=O) groups is 1. The van der Waals surface area contributed by atoms with Crippen LogP contribution >= 0.6 is 0 Å². The number of rotatable bonds is 5. The van der Waals surface area contributed by atoms with E-state index in [-0.39, 0.29) is 23.8 Å². The Balaban J connectivity index is 1.88. The highest BCUT2D eigenvalue weighted by Crippen LogP contribution is 2.30. The Labute approximate surface area is 154 Å². The normalized spacial score (nSPS) is 16.7. The van der Waals surface area contributed by atoms with Crippen LogP contribution in [-0.2, 0) is 4.74 Å². The van der Waals surface area contributed by atoms with Gasteiger partial charge in [0.1, 0.15) is 6.04 Å². The van der Waals surface area contributed by atoms with Crippen LogP contribution in [0.1, 0.15) is 71.8 Å². The smallest absolute Gasteiger partial charge is 0.252 e. The van der Waals surface area contributed by atoms with Crippen LogP contribution in [0.3, 0.4) is 0 Å². The molecule has 0 radical (unpaired) electrons. The summed E-state index contributed by atoms with van der Waals surface area (Å²) in [4.78, 5) is 17.6. The van der Waals surface area contributed by atoms with E-state index in [1.807, 2.05) is 45.9 Å². The van der Waals surface area contributed by atoms with Gasteiger partial charge in [-0.15, -0.1) is 0 Å². The first kappa shape index (κ1) is 18.6. The third kappa shape index (κ3) is 3.96. The lowest BCUT2D eigenvalue weighted by Gasteiger charge is -2.29. The maximum Gasteiger partial charge on any atom is 0.252 e. The Morgan fingerprint density at radius 2 is 1.85 bits per heavy atom. The average molecular weight is 357 g/mol. The molecule has 1 fully saturated rings. The first-order chi connectivity index (χ1) is 12.5. The lowest BCUT2D eigenvalue weighted by molar-refractivity contribution is 0.0467. The van der Waals surface area contributed by atoms with Crippen molar-refractivity contribution in [2.45, 2.75) is 52.5 Å². The SMILES string of the molecule is Cc1cccc(C)c1C(=O)N[C@H](c1nc(C(C)C)no1)C1CCOCC1. The molecule has 1 aliphatic heterocycles. The van der Waals surface area contributed by atoms with Gasteiger partial charge in [-0.25, -0.2) is 0 Å². The zero-order chi connectivity index (χ0) is 18.7. The van der Waals surface area contributed by atoms with E-state index >= 15 is 0 Å². The van der Waals surface area contributed by atoms with Gasteiger partial charge in [0, 0.05) is 24.7 Å². The first-order valence-corrected chi connectivity index (χ1v) is 9.25. The van der Waals surface area contributed by atoms with E-state index < -0.39 is 0 Å². The molecular formula is C20H27N3O3. The second kappa shape index (κ2) is 7.99. The van der Waals surface area contributed by atoms with Gasteiger partial charge in [0.2, 0.25) is 5.89 Å². The molecule has 3 rings (SSSR count). The van der Waals surface area contributed by atoms with Crippen molar-refractivity contribution in [1.82, 2.24) is 15.5 Å². The van der Waals surface area contributed by atoms with Crippen LogP contribution in [-0.4, -0.2) is 29.3 Å². The molecule has 1 aromatic heterocycles. The van der Waals surface area contributed by atoms with Gasteiger partial charge >= 0.3 is 0 Å². The molecule has 140 valence electrons. The maximum absolute atomic E-state index is 13.0. The second-order valence-electron chi connectivity index (χ2n) is 7.31. The Morgan fingerprint density at radius 1 is 1.19 bits per heavy atom. The summed E-state index contributed by atoms with van der Waals surface area (Å²) in [5, 5.41) is 7.24. The average Bonchev–Trinajstić information content (AvgIpc) is 3.10. The third-order valence-electron chi connectivity index (χ3n) is 4.97. The molecule has 0 bridgehead atoms.